The van der Waals surface area contributed by atoms with Gasteiger partial charge in [-0.15, -0.1) is 0 Å². The van der Waals surface area contributed by atoms with E-state index in [0.717, 1.165) is 23.5 Å². The predicted molar refractivity (Wildman–Crippen MR) is 63.2 cm³/mol. The first-order valence-corrected chi connectivity index (χ1v) is 6.00. The third-order valence-electron chi connectivity index (χ3n) is 2.00. The van der Waals surface area contributed by atoms with Crippen LogP contribution >= 0.6 is 11.8 Å². The van der Waals surface area contributed by atoms with Crippen molar-refractivity contribution in [2.24, 2.45) is 5.73 Å². The highest BCUT2D eigenvalue weighted by Crippen LogP contribution is 2.17. The molecule has 0 aliphatic carbocycles. The molecule has 1 aromatic rings. The van der Waals surface area contributed by atoms with E-state index in [1.807, 2.05) is 12.1 Å². The lowest BCUT2D eigenvalue weighted by atomic mass is 10.1. The van der Waals surface area contributed by atoms with Crippen molar-refractivity contribution in [2.75, 3.05) is 12.3 Å². The summed E-state index contributed by atoms with van der Waals surface area (Å²) < 4.78 is 0. The lowest BCUT2D eigenvalue weighted by Gasteiger charge is -2.04. The number of thioether (sulfide) groups is 1. The van der Waals surface area contributed by atoms with Gasteiger partial charge in [-0.2, -0.15) is 11.8 Å². The molecule has 82 valence electrons. The van der Waals surface area contributed by atoms with Crippen LogP contribution in [0, 0.1) is 0 Å². The van der Waals surface area contributed by atoms with Crippen LogP contribution in [0.2, 0.25) is 0 Å². The molecule has 0 spiro atoms. The topological polar surface area (TPSA) is 63.3 Å². The van der Waals surface area contributed by atoms with Gasteiger partial charge in [0.05, 0.1) is 5.56 Å². The molecule has 0 radical (unpaired) electrons. The molecule has 0 unspecified atom stereocenters. The Bertz CT molecular complexity index is 328. The largest absolute Gasteiger partial charge is 0.478 e. The van der Waals surface area contributed by atoms with E-state index in [1.54, 1.807) is 23.9 Å². The van der Waals surface area contributed by atoms with E-state index in [0.29, 0.717) is 12.1 Å². The smallest absolute Gasteiger partial charge is 0.335 e. The molecule has 3 nitrogen and oxygen atoms in total. The standard InChI is InChI=1S/C11H15NO2S/c12-6-3-7-15-8-9-4-1-2-5-10(9)11(13)14/h1-2,4-5H,3,6-8,12H2,(H,13,14). The summed E-state index contributed by atoms with van der Waals surface area (Å²) in [7, 11) is 0. The van der Waals surface area contributed by atoms with Gasteiger partial charge in [-0.05, 0) is 30.3 Å². The van der Waals surface area contributed by atoms with E-state index < -0.39 is 5.97 Å². The molecule has 0 atom stereocenters. The van der Waals surface area contributed by atoms with Crippen LogP contribution in [-0.4, -0.2) is 23.4 Å². The second kappa shape index (κ2) is 6.48. The van der Waals surface area contributed by atoms with E-state index >= 15 is 0 Å². The van der Waals surface area contributed by atoms with Gasteiger partial charge >= 0.3 is 5.97 Å². The molecule has 0 aliphatic rings. The van der Waals surface area contributed by atoms with Crippen molar-refractivity contribution in [3.05, 3.63) is 35.4 Å². The molecule has 0 aliphatic heterocycles. The van der Waals surface area contributed by atoms with Gasteiger partial charge in [-0.25, -0.2) is 4.79 Å². The molecule has 0 bridgehead atoms. The molecule has 15 heavy (non-hydrogen) atoms. The fourth-order valence-electron chi connectivity index (χ4n) is 1.22. The Kier molecular flexibility index (Phi) is 5.21. The third-order valence-corrected chi connectivity index (χ3v) is 3.09. The van der Waals surface area contributed by atoms with Crippen LogP contribution in [0.1, 0.15) is 22.3 Å². The first kappa shape index (κ1) is 12.1. The number of carboxylic acids is 1. The number of benzene rings is 1. The first-order valence-electron chi connectivity index (χ1n) is 4.84. The zero-order valence-corrected chi connectivity index (χ0v) is 9.30. The summed E-state index contributed by atoms with van der Waals surface area (Å²) in [5, 5.41) is 8.94. The van der Waals surface area contributed by atoms with Gasteiger partial charge < -0.3 is 10.8 Å². The maximum absolute atomic E-state index is 10.9. The number of nitrogens with two attached hydrogens (primary N) is 1. The van der Waals surface area contributed by atoms with Crippen LogP contribution in [0.4, 0.5) is 0 Å². The lowest BCUT2D eigenvalue weighted by Crippen LogP contribution is -2.02. The lowest BCUT2D eigenvalue weighted by molar-refractivity contribution is 0.0696. The summed E-state index contributed by atoms with van der Waals surface area (Å²) in [4.78, 5) is 10.9. The molecule has 0 amide bonds. The van der Waals surface area contributed by atoms with Crippen molar-refractivity contribution in [3.63, 3.8) is 0 Å². The second-order valence-electron chi connectivity index (χ2n) is 3.16. The average molecular weight is 225 g/mol. The maximum atomic E-state index is 10.9. The Balaban J connectivity index is 2.56. The summed E-state index contributed by atoms with van der Waals surface area (Å²) in [6, 6.07) is 7.11. The molecule has 1 aromatic carbocycles. The minimum atomic E-state index is -0.856. The Labute approximate surface area is 93.7 Å². The molecule has 1 rings (SSSR count). The van der Waals surface area contributed by atoms with Gasteiger partial charge in [0, 0.05) is 5.75 Å². The van der Waals surface area contributed by atoms with Crippen molar-refractivity contribution in [2.45, 2.75) is 12.2 Å². The Morgan fingerprint density at radius 1 is 1.40 bits per heavy atom. The summed E-state index contributed by atoms with van der Waals surface area (Å²) in [6.07, 6.45) is 0.972. The predicted octanol–water partition coefficient (Wildman–Crippen LogP) is 1.97. The van der Waals surface area contributed by atoms with E-state index in [-0.39, 0.29) is 0 Å². The molecule has 0 saturated heterocycles. The van der Waals surface area contributed by atoms with E-state index in [2.05, 4.69) is 0 Å². The molecule has 4 heteroatoms. The number of rotatable bonds is 6. The SMILES string of the molecule is NCCCSCc1ccccc1C(=O)O. The van der Waals surface area contributed by atoms with E-state index in [4.69, 9.17) is 10.8 Å². The van der Waals surface area contributed by atoms with Gasteiger partial charge in [-0.3, -0.25) is 0 Å². The van der Waals surface area contributed by atoms with Gasteiger partial charge in [0.15, 0.2) is 0 Å². The summed E-state index contributed by atoms with van der Waals surface area (Å²) in [6.45, 7) is 0.688. The Hall–Kier alpha value is -1.00. The molecular weight excluding hydrogens is 210 g/mol. The van der Waals surface area contributed by atoms with E-state index in [9.17, 15) is 4.79 Å². The number of hydrogen-bond acceptors (Lipinski definition) is 3. The zero-order valence-electron chi connectivity index (χ0n) is 8.48. The zero-order chi connectivity index (χ0) is 11.1. The average Bonchev–Trinajstić information content (AvgIpc) is 2.25. The third kappa shape index (κ3) is 3.93. The first-order chi connectivity index (χ1) is 7.25. The van der Waals surface area contributed by atoms with Crippen LogP contribution in [0.15, 0.2) is 24.3 Å². The van der Waals surface area contributed by atoms with E-state index in [1.165, 1.54) is 0 Å². The van der Waals surface area contributed by atoms with Crippen molar-refractivity contribution in [1.29, 1.82) is 0 Å². The Morgan fingerprint density at radius 3 is 2.80 bits per heavy atom. The molecule has 0 aromatic heterocycles. The number of carbonyl (C=O) groups is 1. The fraction of sp³-hybridized carbons (Fsp3) is 0.364. The van der Waals surface area contributed by atoms with Gasteiger partial charge in [0.2, 0.25) is 0 Å². The Morgan fingerprint density at radius 2 is 2.13 bits per heavy atom. The van der Waals surface area contributed by atoms with Crippen LogP contribution < -0.4 is 5.73 Å². The van der Waals surface area contributed by atoms with Crippen LogP contribution in [-0.2, 0) is 5.75 Å². The highest BCUT2D eigenvalue weighted by Gasteiger charge is 2.07. The monoisotopic (exact) mass is 225 g/mol. The number of aromatic carboxylic acids is 1. The van der Waals surface area contributed by atoms with Crippen LogP contribution in [0.3, 0.4) is 0 Å². The summed E-state index contributed by atoms with van der Waals surface area (Å²) in [5.41, 5.74) is 6.66. The quantitative estimate of drug-likeness (QED) is 0.726. The molecule has 3 N–H and O–H groups in total. The molecule has 0 fully saturated rings. The van der Waals surface area contributed by atoms with Crippen LogP contribution in [0.25, 0.3) is 0 Å². The van der Waals surface area contributed by atoms with Crippen molar-refractivity contribution < 1.29 is 9.90 Å². The van der Waals surface area contributed by atoms with Crippen molar-refractivity contribution in [1.82, 2.24) is 0 Å². The normalized spacial score (nSPS) is 10.2. The van der Waals surface area contributed by atoms with Gasteiger partial charge in [0.1, 0.15) is 0 Å². The second-order valence-corrected chi connectivity index (χ2v) is 4.26. The minimum Gasteiger partial charge on any atom is -0.478 e. The molecule has 0 saturated carbocycles. The summed E-state index contributed by atoms with van der Waals surface area (Å²) in [5.74, 6) is 0.859. The fourth-order valence-corrected chi connectivity index (χ4v) is 2.21. The number of carboxylic acid groups (broad SMARTS) is 1. The van der Waals surface area contributed by atoms with Gasteiger partial charge in [0.25, 0.3) is 0 Å². The van der Waals surface area contributed by atoms with Crippen LogP contribution in [0.5, 0.6) is 0 Å². The highest BCUT2D eigenvalue weighted by atomic mass is 32.2. The molecule has 0 heterocycles. The minimum absolute atomic E-state index is 0.401. The van der Waals surface area contributed by atoms with Gasteiger partial charge in [-0.1, -0.05) is 18.2 Å². The van der Waals surface area contributed by atoms with Crippen molar-refractivity contribution in [3.8, 4) is 0 Å². The maximum Gasteiger partial charge on any atom is 0.335 e. The molecular formula is C11H15NO2S. The highest BCUT2D eigenvalue weighted by molar-refractivity contribution is 7.98. The summed E-state index contributed by atoms with van der Waals surface area (Å²) >= 11 is 1.72. The van der Waals surface area contributed by atoms with Crippen molar-refractivity contribution >= 4 is 17.7 Å². The number of hydrogen-bond donors (Lipinski definition) is 2.